The van der Waals surface area contributed by atoms with Crippen LogP contribution in [0.15, 0.2) is 42.5 Å². The van der Waals surface area contributed by atoms with E-state index in [9.17, 15) is 9.18 Å². The van der Waals surface area contributed by atoms with Gasteiger partial charge in [-0.05, 0) is 24.3 Å². The van der Waals surface area contributed by atoms with Crippen LogP contribution in [0.1, 0.15) is 15.9 Å². The molecular formula is C15H13FO3. The van der Waals surface area contributed by atoms with E-state index in [1.54, 1.807) is 30.3 Å². The summed E-state index contributed by atoms with van der Waals surface area (Å²) in [6, 6.07) is 10.8. The number of carbonyl (C=O) groups excluding carboxylic acids is 1. The largest absolute Gasteiger partial charge is 0.497 e. The van der Waals surface area contributed by atoms with E-state index in [2.05, 4.69) is 0 Å². The summed E-state index contributed by atoms with van der Waals surface area (Å²) in [5, 5.41) is 0. The van der Waals surface area contributed by atoms with Gasteiger partial charge in [-0.1, -0.05) is 18.2 Å². The normalized spacial score (nSPS) is 10.1. The van der Waals surface area contributed by atoms with Crippen molar-refractivity contribution < 1.29 is 18.7 Å². The van der Waals surface area contributed by atoms with Crippen LogP contribution in [0, 0.1) is 5.82 Å². The highest BCUT2D eigenvalue weighted by atomic mass is 19.1. The highest BCUT2D eigenvalue weighted by Crippen LogP contribution is 2.25. The first-order valence-corrected chi connectivity index (χ1v) is 5.68. The van der Waals surface area contributed by atoms with Crippen molar-refractivity contribution in [3.63, 3.8) is 0 Å². The van der Waals surface area contributed by atoms with Gasteiger partial charge in [0.05, 0.1) is 14.2 Å². The first kappa shape index (κ1) is 13.1. The summed E-state index contributed by atoms with van der Waals surface area (Å²) in [5.41, 5.74) is 0.279. The SMILES string of the molecule is COc1cccc(C(=O)c2c(F)cccc2OC)c1. The van der Waals surface area contributed by atoms with E-state index in [-0.39, 0.29) is 11.3 Å². The fourth-order valence-corrected chi connectivity index (χ4v) is 1.80. The third kappa shape index (κ3) is 2.57. The summed E-state index contributed by atoms with van der Waals surface area (Å²) >= 11 is 0. The lowest BCUT2D eigenvalue weighted by atomic mass is 10.0. The molecule has 0 aliphatic carbocycles. The Morgan fingerprint density at radius 3 is 2.47 bits per heavy atom. The van der Waals surface area contributed by atoms with E-state index in [0.717, 1.165) is 0 Å². The van der Waals surface area contributed by atoms with Gasteiger partial charge in [0.1, 0.15) is 22.9 Å². The topological polar surface area (TPSA) is 35.5 Å². The minimum atomic E-state index is -0.604. The van der Waals surface area contributed by atoms with E-state index < -0.39 is 11.6 Å². The van der Waals surface area contributed by atoms with Crippen molar-refractivity contribution in [3.8, 4) is 11.5 Å². The molecule has 0 aromatic heterocycles. The van der Waals surface area contributed by atoms with Gasteiger partial charge in [0.2, 0.25) is 0 Å². The second-order valence-corrected chi connectivity index (χ2v) is 3.88. The number of hydrogen-bond acceptors (Lipinski definition) is 3. The van der Waals surface area contributed by atoms with Gasteiger partial charge in [-0.25, -0.2) is 4.39 Å². The zero-order chi connectivity index (χ0) is 13.8. The van der Waals surface area contributed by atoms with Crippen LogP contribution in [0.25, 0.3) is 0 Å². The number of ketones is 1. The predicted octanol–water partition coefficient (Wildman–Crippen LogP) is 3.07. The Morgan fingerprint density at radius 2 is 1.79 bits per heavy atom. The van der Waals surface area contributed by atoms with Crippen LogP contribution in [0.3, 0.4) is 0 Å². The van der Waals surface area contributed by atoms with E-state index in [1.165, 1.54) is 26.4 Å². The standard InChI is InChI=1S/C15H13FO3/c1-18-11-6-3-5-10(9-11)15(17)14-12(16)7-4-8-13(14)19-2/h3-9H,1-2H3. The van der Waals surface area contributed by atoms with E-state index in [1.807, 2.05) is 0 Å². The number of methoxy groups -OCH3 is 2. The highest BCUT2D eigenvalue weighted by Gasteiger charge is 2.19. The zero-order valence-electron chi connectivity index (χ0n) is 10.6. The van der Waals surface area contributed by atoms with Crippen LogP contribution < -0.4 is 9.47 Å². The smallest absolute Gasteiger partial charge is 0.199 e. The molecule has 0 fully saturated rings. The van der Waals surface area contributed by atoms with Gasteiger partial charge < -0.3 is 9.47 Å². The van der Waals surface area contributed by atoms with Gasteiger partial charge in [0, 0.05) is 5.56 Å². The first-order chi connectivity index (χ1) is 9.17. The maximum atomic E-state index is 13.8. The van der Waals surface area contributed by atoms with Gasteiger partial charge in [-0.2, -0.15) is 0 Å². The lowest BCUT2D eigenvalue weighted by Crippen LogP contribution is -2.07. The molecule has 0 N–H and O–H groups in total. The molecule has 0 saturated carbocycles. The molecule has 98 valence electrons. The summed E-state index contributed by atoms with van der Waals surface area (Å²) in [6.45, 7) is 0. The van der Waals surface area contributed by atoms with Gasteiger partial charge in [-0.3, -0.25) is 4.79 Å². The van der Waals surface area contributed by atoms with Crippen LogP contribution in [0.5, 0.6) is 11.5 Å². The first-order valence-electron chi connectivity index (χ1n) is 5.68. The third-order valence-corrected chi connectivity index (χ3v) is 2.75. The molecule has 0 unspecified atom stereocenters. The van der Waals surface area contributed by atoms with Crippen molar-refractivity contribution in [2.45, 2.75) is 0 Å². The fraction of sp³-hybridized carbons (Fsp3) is 0.133. The number of halogens is 1. The van der Waals surface area contributed by atoms with Gasteiger partial charge in [-0.15, -0.1) is 0 Å². The fourth-order valence-electron chi connectivity index (χ4n) is 1.80. The molecule has 0 radical (unpaired) electrons. The van der Waals surface area contributed by atoms with Crippen molar-refractivity contribution in [1.82, 2.24) is 0 Å². The Balaban J connectivity index is 2.49. The van der Waals surface area contributed by atoms with Gasteiger partial charge >= 0.3 is 0 Å². The summed E-state index contributed by atoms with van der Waals surface area (Å²) < 4.78 is 23.9. The Hall–Kier alpha value is -2.36. The van der Waals surface area contributed by atoms with Crippen LogP contribution >= 0.6 is 0 Å². The summed E-state index contributed by atoms with van der Waals surface area (Å²) in [6.07, 6.45) is 0. The molecule has 0 saturated heterocycles. The summed E-state index contributed by atoms with van der Waals surface area (Å²) in [4.78, 5) is 12.3. The Morgan fingerprint density at radius 1 is 1.05 bits per heavy atom. The van der Waals surface area contributed by atoms with Crippen molar-refractivity contribution in [2.75, 3.05) is 14.2 Å². The van der Waals surface area contributed by atoms with E-state index in [0.29, 0.717) is 11.3 Å². The monoisotopic (exact) mass is 260 g/mol. The van der Waals surface area contributed by atoms with E-state index >= 15 is 0 Å². The molecule has 0 heterocycles. The Bertz CT molecular complexity index is 608. The number of ether oxygens (including phenoxy) is 2. The number of hydrogen-bond donors (Lipinski definition) is 0. The number of rotatable bonds is 4. The molecular weight excluding hydrogens is 247 g/mol. The van der Waals surface area contributed by atoms with Crippen molar-refractivity contribution in [1.29, 1.82) is 0 Å². The number of benzene rings is 2. The van der Waals surface area contributed by atoms with Crippen molar-refractivity contribution in [3.05, 3.63) is 59.4 Å². The average Bonchev–Trinajstić information content (AvgIpc) is 2.46. The second kappa shape index (κ2) is 5.52. The Kier molecular flexibility index (Phi) is 3.80. The molecule has 0 bridgehead atoms. The molecule has 0 aliphatic heterocycles. The third-order valence-electron chi connectivity index (χ3n) is 2.75. The van der Waals surface area contributed by atoms with Crippen LogP contribution in [-0.2, 0) is 0 Å². The lowest BCUT2D eigenvalue weighted by Gasteiger charge is -2.09. The second-order valence-electron chi connectivity index (χ2n) is 3.88. The molecule has 0 atom stereocenters. The zero-order valence-corrected chi connectivity index (χ0v) is 10.6. The van der Waals surface area contributed by atoms with Gasteiger partial charge in [0.25, 0.3) is 0 Å². The highest BCUT2D eigenvalue weighted by molar-refractivity contribution is 6.11. The van der Waals surface area contributed by atoms with Gasteiger partial charge in [0.15, 0.2) is 5.78 Å². The summed E-state index contributed by atoms with van der Waals surface area (Å²) in [7, 11) is 2.91. The quantitative estimate of drug-likeness (QED) is 0.792. The molecule has 19 heavy (non-hydrogen) atoms. The molecule has 2 aromatic rings. The molecule has 3 nitrogen and oxygen atoms in total. The molecule has 2 rings (SSSR count). The maximum Gasteiger partial charge on any atom is 0.199 e. The molecule has 2 aromatic carbocycles. The molecule has 0 amide bonds. The number of carbonyl (C=O) groups is 1. The van der Waals surface area contributed by atoms with Crippen molar-refractivity contribution >= 4 is 5.78 Å². The summed E-state index contributed by atoms with van der Waals surface area (Å²) in [5.74, 6) is -0.282. The minimum absolute atomic E-state index is 0.0711. The lowest BCUT2D eigenvalue weighted by molar-refractivity contribution is 0.103. The van der Waals surface area contributed by atoms with Crippen molar-refractivity contribution in [2.24, 2.45) is 0 Å². The van der Waals surface area contributed by atoms with Crippen LogP contribution in [0.2, 0.25) is 0 Å². The molecule has 0 aliphatic rings. The Labute approximate surface area is 110 Å². The van der Waals surface area contributed by atoms with Crippen LogP contribution in [0.4, 0.5) is 4.39 Å². The average molecular weight is 260 g/mol. The molecule has 4 heteroatoms. The predicted molar refractivity (Wildman–Crippen MR) is 69.4 cm³/mol. The maximum absolute atomic E-state index is 13.8. The van der Waals surface area contributed by atoms with E-state index in [4.69, 9.17) is 9.47 Å². The minimum Gasteiger partial charge on any atom is -0.497 e. The van der Waals surface area contributed by atoms with Crippen LogP contribution in [-0.4, -0.2) is 20.0 Å². The molecule has 0 spiro atoms.